The highest BCUT2D eigenvalue weighted by Gasteiger charge is 2.29. The van der Waals surface area contributed by atoms with Gasteiger partial charge in [0, 0.05) is 24.2 Å². The summed E-state index contributed by atoms with van der Waals surface area (Å²) in [5, 5.41) is 0. The van der Waals surface area contributed by atoms with Crippen molar-refractivity contribution in [2.45, 2.75) is 33.6 Å². The molecule has 1 unspecified atom stereocenters. The maximum absolute atomic E-state index is 12.0. The van der Waals surface area contributed by atoms with Crippen molar-refractivity contribution >= 4 is 18.0 Å². The average molecular weight is 325 g/mol. The van der Waals surface area contributed by atoms with Crippen LogP contribution in [0, 0.1) is 5.92 Å². The quantitative estimate of drug-likeness (QED) is 0.551. The van der Waals surface area contributed by atoms with Gasteiger partial charge in [-0.25, -0.2) is 9.59 Å². The molecule has 0 N–H and O–H groups in total. The number of hydrogen-bond donors (Lipinski definition) is 0. The highest BCUT2D eigenvalue weighted by atomic mass is 16.6. The van der Waals surface area contributed by atoms with E-state index in [0.717, 1.165) is 0 Å². The van der Waals surface area contributed by atoms with Crippen LogP contribution in [-0.2, 0) is 23.8 Å². The van der Waals surface area contributed by atoms with Gasteiger partial charge in [0.1, 0.15) is 0 Å². The fourth-order valence-electron chi connectivity index (χ4n) is 2.25. The maximum atomic E-state index is 12.0. The molecular formula is C16H23NO6. The summed E-state index contributed by atoms with van der Waals surface area (Å²) in [5.41, 5.74) is 0.931. The van der Waals surface area contributed by atoms with Crippen LogP contribution in [0.3, 0.4) is 0 Å². The van der Waals surface area contributed by atoms with Crippen molar-refractivity contribution in [2.24, 2.45) is 5.92 Å². The fourth-order valence-corrected chi connectivity index (χ4v) is 2.25. The Hall–Kier alpha value is -2.31. The number of carbonyl (C=O) groups is 3. The lowest BCUT2D eigenvalue weighted by Crippen LogP contribution is -2.31. The molecule has 0 fully saturated rings. The summed E-state index contributed by atoms with van der Waals surface area (Å²) in [7, 11) is 1.27. The molecule has 0 saturated carbocycles. The van der Waals surface area contributed by atoms with E-state index in [-0.39, 0.29) is 24.9 Å². The maximum Gasteiger partial charge on any atom is 0.418 e. The van der Waals surface area contributed by atoms with Crippen molar-refractivity contribution in [3.05, 3.63) is 23.5 Å². The molecule has 23 heavy (non-hydrogen) atoms. The minimum atomic E-state index is -0.563. The predicted octanol–water partition coefficient (Wildman–Crippen LogP) is 2.38. The van der Waals surface area contributed by atoms with Gasteiger partial charge in [-0.2, -0.15) is 0 Å². The molecule has 1 aliphatic heterocycles. The molecule has 0 spiro atoms. The molecular weight excluding hydrogens is 302 g/mol. The van der Waals surface area contributed by atoms with Gasteiger partial charge in [0.25, 0.3) is 0 Å². The molecule has 1 atom stereocenters. The van der Waals surface area contributed by atoms with Gasteiger partial charge in [0.05, 0.1) is 25.9 Å². The van der Waals surface area contributed by atoms with Crippen LogP contribution in [0.5, 0.6) is 0 Å². The Morgan fingerprint density at radius 3 is 2.39 bits per heavy atom. The molecule has 0 aromatic carbocycles. The van der Waals surface area contributed by atoms with E-state index < -0.39 is 12.1 Å². The number of esters is 2. The van der Waals surface area contributed by atoms with E-state index in [0.29, 0.717) is 24.3 Å². The molecule has 0 saturated heterocycles. The first-order valence-corrected chi connectivity index (χ1v) is 7.54. The molecule has 7 nitrogen and oxygen atoms in total. The first kappa shape index (κ1) is 18.7. The molecule has 1 amide bonds. The largest absolute Gasteiger partial charge is 0.466 e. The van der Waals surface area contributed by atoms with Gasteiger partial charge in [-0.15, -0.1) is 0 Å². The first-order valence-electron chi connectivity index (χ1n) is 7.54. The molecule has 1 rings (SSSR count). The van der Waals surface area contributed by atoms with Crippen LogP contribution in [0.15, 0.2) is 23.5 Å². The Bertz CT molecular complexity index is 523. The monoisotopic (exact) mass is 325 g/mol. The van der Waals surface area contributed by atoms with Crippen LogP contribution in [0.1, 0.15) is 33.6 Å². The minimum Gasteiger partial charge on any atom is -0.466 e. The van der Waals surface area contributed by atoms with E-state index in [9.17, 15) is 14.4 Å². The van der Waals surface area contributed by atoms with Crippen molar-refractivity contribution in [3.8, 4) is 0 Å². The number of methoxy groups -OCH3 is 1. The lowest BCUT2D eigenvalue weighted by atomic mass is 9.91. The standard InChI is InChI=1S/C16H23NO6/c1-5-22-14(18)8-7-12-9-11(3)17(16(20)23-6-2)10-13(12)15(19)21-4/h9-10,12H,5-8H2,1-4H3. The lowest BCUT2D eigenvalue weighted by Gasteiger charge is -2.27. The number of rotatable bonds is 6. The van der Waals surface area contributed by atoms with E-state index in [1.165, 1.54) is 18.2 Å². The van der Waals surface area contributed by atoms with Crippen molar-refractivity contribution in [3.63, 3.8) is 0 Å². The third-order valence-corrected chi connectivity index (χ3v) is 3.34. The average Bonchev–Trinajstić information content (AvgIpc) is 2.52. The highest BCUT2D eigenvalue weighted by Crippen LogP contribution is 2.29. The molecule has 0 aliphatic carbocycles. The second-order valence-electron chi connectivity index (χ2n) is 4.90. The smallest absolute Gasteiger partial charge is 0.418 e. The summed E-state index contributed by atoms with van der Waals surface area (Å²) >= 11 is 0. The number of amides is 1. The lowest BCUT2D eigenvalue weighted by molar-refractivity contribution is -0.143. The van der Waals surface area contributed by atoms with Crippen LogP contribution in [-0.4, -0.2) is 43.3 Å². The third-order valence-electron chi connectivity index (χ3n) is 3.34. The van der Waals surface area contributed by atoms with Crippen LogP contribution in [0.4, 0.5) is 4.79 Å². The zero-order chi connectivity index (χ0) is 17.4. The molecule has 0 bridgehead atoms. The highest BCUT2D eigenvalue weighted by molar-refractivity contribution is 5.90. The summed E-state index contributed by atoms with van der Waals surface area (Å²) in [6, 6.07) is 0. The van der Waals surface area contributed by atoms with Gasteiger partial charge < -0.3 is 14.2 Å². The predicted molar refractivity (Wildman–Crippen MR) is 82.1 cm³/mol. The van der Waals surface area contributed by atoms with E-state index in [2.05, 4.69) is 0 Å². The normalized spacial score (nSPS) is 17.0. The third kappa shape index (κ3) is 5.12. The Morgan fingerprint density at radius 2 is 1.83 bits per heavy atom. The second kappa shape index (κ2) is 8.97. The molecule has 0 aromatic rings. The van der Waals surface area contributed by atoms with E-state index in [1.54, 1.807) is 26.8 Å². The summed E-state index contributed by atoms with van der Waals surface area (Å²) in [6.45, 7) is 5.72. The van der Waals surface area contributed by atoms with Gasteiger partial charge in [0.15, 0.2) is 0 Å². The topological polar surface area (TPSA) is 82.1 Å². The first-order chi connectivity index (χ1) is 10.9. The number of ether oxygens (including phenoxy) is 3. The summed E-state index contributed by atoms with van der Waals surface area (Å²) in [6.07, 6.45) is 3.17. The Labute approximate surface area is 135 Å². The molecule has 1 aliphatic rings. The van der Waals surface area contributed by atoms with Crippen LogP contribution in [0.25, 0.3) is 0 Å². The number of hydrogen-bond acceptors (Lipinski definition) is 6. The fraction of sp³-hybridized carbons (Fsp3) is 0.562. The Kier molecular flexibility index (Phi) is 7.31. The Balaban J connectivity index is 2.93. The van der Waals surface area contributed by atoms with Crippen LogP contribution in [0.2, 0.25) is 0 Å². The Morgan fingerprint density at radius 1 is 1.17 bits per heavy atom. The van der Waals surface area contributed by atoms with Crippen LogP contribution < -0.4 is 0 Å². The van der Waals surface area contributed by atoms with E-state index in [4.69, 9.17) is 14.2 Å². The van der Waals surface area contributed by atoms with Crippen molar-refractivity contribution in [1.29, 1.82) is 0 Å². The molecule has 0 aromatic heterocycles. The van der Waals surface area contributed by atoms with Crippen molar-refractivity contribution in [2.75, 3.05) is 20.3 Å². The number of allylic oxidation sites excluding steroid dienone is 2. The summed E-state index contributed by atoms with van der Waals surface area (Å²) in [5.74, 6) is -1.19. The SMILES string of the molecule is CCOC(=O)CCC1C=C(C)N(C(=O)OCC)C=C1C(=O)OC. The zero-order valence-electron chi connectivity index (χ0n) is 14.0. The van der Waals surface area contributed by atoms with Gasteiger partial charge >= 0.3 is 18.0 Å². The zero-order valence-corrected chi connectivity index (χ0v) is 14.0. The number of nitrogens with zero attached hydrogens (tertiary/aromatic N) is 1. The van der Waals surface area contributed by atoms with Gasteiger partial charge in [0.2, 0.25) is 0 Å². The minimum absolute atomic E-state index is 0.177. The molecule has 7 heteroatoms. The van der Waals surface area contributed by atoms with E-state index >= 15 is 0 Å². The molecule has 1 heterocycles. The van der Waals surface area contributed by atoms with Crippen molar-refractivity contribution < 1.29 is 28.6 Å². The molecule has 0 radical (unpaired) electrons. The van der Waals surface area contributed by atoms with Gasteiger partial charge in [-0.3, -0.25) is 9.69 Å². The van der Waals surface area contributed by atoms with E-state index in [1.807, 2.05) is 0 Å². The second-order valence-corrected chi connectivity index (χ2v) is 4.90. The molecule has 128 valence electrons. The van der Waals surface area contributed by atoms with Gasteiger partial charge in [-0.05, 0) is 27.2 Å². The van der Waals surface area contributed by atoms with Crippen molar-refractivity contribution in [1.82, 2.24) is 4.90 Å². The van der Waals surface area contributed by atoms with Gasteiger partial charge in [-0.1, -0.05) is 6.08 Å². The van der Waals surface area contributed by atoms with Crippen LogP contribution >= 0.6 is 0 Å². The number of carbonyl (C=O) groups excluding carboxylic acids is 3. The summed E-state index contributed by atoms with van der Waals surface area (Å²) < 4.78 is 14.6. The summed E-state index contributed by atoms with van der Waals surface area (Å²) in [4.78, 5) is 36.6.